The fourth-order valence-corrected chi connectivity index (χ4v) is 4.40. The Hall–Kier alpha value is -2.40. The summed E-state index contributed by atoms with van der Waals surface area (Å²) in [6.45, 7) is 0. The van der Waals surface area contributed by atoms with Crippen LogP contribution in [-0.2, 0) is 10.0 Å². The summed E-state index contributed by atoms with van der Waals surface area (Å²) in [7, 11) is -2.56. The number of nitrogens with one attached hydrogen (secondary N) is 2. The second-order valence-corrected chi connectivity index (χ2v) is 8.97. The molecule has 0 saturated carbocycles. The van der Waals surface area contributed by atoms with Crippen molar-refractivity contribution in [3.05, 3.63) is 58.1 Å². The highest BCUT2D eigenvalue weighted by Gasteiger charge is 2.22. The number of amides is 1. The van der Waals surface area contributed by atoms with E-state index in [9.17, 15) is 13.2 Å². The van der Waals surface area contributed by atoms with Gasteiger partial charge in [-0.15, -0.1) is 10.2 Å². The number of anilines is 2. The highest BCUT2D eigenvalue weighted by Crippen LogP contribution is 2.29. The zero-order valence-corrected chi connectivity index (χ0v) is 17.3. The van der Waals surface area contributed by atoms with Crippen LogP contribution < -0.4 is 14.8 Å². The van der Waals surface area contributed by atoms with Crippen molar-refractivity contribution >= 4 is 61.3 Å². The van der Waals surface area contributed by atoms with E-state index in [1.807, 2.05) is 0 Å². The SMILES string of the molecule is COc1ccc(NS(=O)(=O)c2nnc(NC(=O)c3ccc(Cl)cc3)s2)cc1Cl. The third-order valence-corrected chi connectivity index (χ3v) is 6.50. The van der Waals surface area contributed by atoms with Crippen LogP contribution in [0.4, 0.5) is 10.8 Å². The van der Waals surface area contributed by atoms with E-state index in [-0.39, 0.29) is 20.2 Å². The van der Waals surface area contributed by atoms with Gasteiger partial charge >= 0.3 is 0 Å². The Morgan fingerprint density at radius 2 is 1.82 bits per heavy atom. The van der Waals surface area contributed by atoms with Gasteiger partial charge in [0.25, 0.3) is 20.3 Å². The predicted molar refractivity (Wildman–Crippen MR) is 108 cm³/mol. The second-order valence-electron chi connectivity index (χ2n) is 5.29. The third kappa shape index (κ3) is 4.71. The monoisotopic (exact) mass is 458 g/mol. The summed E-state index contributed by atoms with van der Waals surface area (Å²) in [4.78, 5) is 12.2. The van der Waals surface area contributed by atoms with Gasteiger partial charge in [0.15, 0.2) is 0 Å². The molecule has 0 aliphatic rings. The second kappa shape index (κ2) is 8.31. The molecule has 8 nitrogen and oxygen atoms in total. The van der Waals surface area contributed by atoms with Crippen LogP contribution in [0.2, 0.25) is 10.0 Å². The van der Waals surface area contributed by atoms with Gasteiger partial charge in [-0.1, -0.05) is 34.5 Å². The summed E-state index contributed by atoms with van der Waals surface area (Å²) in [6, 6.07) is 10.6. The Morgan fingerprint density at radius 1 is 1.11 bits per heavy atom. The molecule has 2 N–H and O–H groups in total. The normalized spacial score (nSPS) is 11.1. The first-order valence-corrected chi connectivity index (χ1v) is 10.6. The molecule has 1 aromatic heterocycles. The van der Waals surface area contributed by atoms with Crippen molar-refractivity contribution in [3.8, 4) is 5.75 Å². The molecule has 0 fully saturated rings. The molecule has 3 aromatic rings. The minimum Gasteiger partial charge on any atom is -0.495 e. The molecule has 0 bridgehead atoms. The number of hydrogen-bond donors (Lipinski definition) is 2. The molecule has 1 amide bonds. The Bertz CT molecular complexity index is 1120. The minimum absolute atomic E-state index is 0.0353. The molecule has 0 unspecified atom stereocenters. The van der Waals surface area contributed by atoms with Gasteiger partial charge in [-0.25, -0.2) is 0 Å². The van der Waals surface area contributed by atoms with Gasteiger partial charge in [0.1, 0.15) is 5.75 Å². The molecular weight excluding hydrogens is 447 g/mol. The Labute approximate surface area is 174 Å². The topological polar surface area (TPSA) is 110 Å². The quantitative estimate of drug-likeness (QED) is 0.541. The van der Waals surface area contributed by atoms with Gasteiger partial charge in [-0.2, -0.15) is 8.42 Å². The molecule has 3 rings (SSSR count). The van der Waals surface area contributed by atoms with Gasteiger partial charge in [0.2, 0.25) is 5.13 Å². The van der Waals surface area contributed by atoms with Crippen LogP contribution in [0, 0.1) is 0 Å². The average molecular weight is 459 g/mol. The molecule has 12 heteroatoms. The Kier molecular flexibility index (Phi) is 6.04. The van der Waals surface area contributed by atoms with Crippen LogP contribution in [0.15, 0.2) is 46.8 Å². The van der Waals surface area contributed by atoms with E-state index < -0.39 is 15.9 Å². The van der Waals surface area contributed by atoms with Gasteiger partial charge in [-0.3, -0.25) is 14.8 Å². The lowest BCUT2D eigenvalue weighted by Crippen LogP contribution is -2.12. The first-order valence-electron chi connectivity index (χ1n) is 7.55. The van der Waals surface area contributed by atoms with Crippen LogP contribution in [-0.4, -0.2) is 31.6 Å². The molecule has 2 aromatic carbocycles. The lowest BCUT2D eigenvalue weighted by molar-refractivity contribution is 0.102. The number of aromatic nitrogens is 2. The number of rotatable bonds is 6. The predicted octanol–water partition coefficient (Wildman–Crippen LogP) is 3.91. The van der Waals surface area contributed by atoms with E-state index in [0.717, 1.165) is 0 Å². The largest absolute Gasteiger partial charge is 0.495 e. The number of benzene rings is 2. The van der Waals surface area contributed by atoms with E-state index >= 15 is 0 Å². The van der Waals surface area contributed by atoms with Crippen molar-refractivity contribution in [2.75, 3.05) is 17.1 Å². The number of methoxy groups -OCH3 is 1. The molecule has 146 valence electrons. The standard InChI is InChI=1S/C16H12Cl2N4O4S2/c1-26-13-7-6-11(8-12(13)18)22-28(24,25)16-21-20-15(27-16)19-14(23)9-2-4-10(17)5-3-9/h2-8,22H,1H3,(H,19,20,23). The van der Waals surface area contributed by atoms with Crippen molar-refractivity contribution in [3.63, 3.8) is 0 Å². The number of ether oxygens (including phenoxy) is 1. The maximum atomic E-state index is 12.5. The van der Waals surface area contributed by atoms with E-state index in [4.69, 9.17) is 27.9 Å². The first kappa shape index (κ1) is 20.3. The van der Waals surface area contributed by atoms with Crippen LogP contribution in [0.5, 0.6) is 5.75 Å². The zero-order chi connectivity index (χ0) is 20.3. The molecular formula is C16H12Cl2N4O4S2. The zero-order valence-electron chi connectivity index (χ0n) is 14.1. The number of carbonyl (C=O) groups is 1. The fourth-order valence-electron chi connectivity index (χ4n) is 2.07. The van der Waals surface area contributed by atoms with Crippen LogP contribution in [0.1, 0.15) is 10.4 Å². The first-order chi connectivity index (χ1) is 13.3. The Balaban J connectivity index is 1.73. The number of hydrogen-bond acceptors (Lipinski definition) is 7. The minimum atomic E-state index is -4.01. The molecule has 0 radical (unpaired) electrons. The highest BCUT2D eigenvalue weighted by molar-refractivity contribution is 7.94. The van der Waals surface area contributed by atoms with Crippen molar-refractivity contribution in [1.82, 2.24) is 10.2 Å². The fraction of sp³-hybridized carbons (Fsp3) is 0.0625. The summed E-state index contributed by atoms with van der Waals surface area (Å²) < 4.78 is 32.0. The third-order valence-electron chi connectivity index (χ3n) is 3.37. The summed E-state index contributed by atoms with van der Waals surface area (Å²) in [5.74, 6) is -0.0561. The van der Waals surface area contributed by atoms with Gasteiger partial charge in [0, 0.05) is 10.6 Å². The van der Waals surface area contributed by atoms with E-state index in [2.05, 4.69) is 20.2 Å². The molecule has 0 saturated heterocycles. The lowest BCUT2D eigenvalue weighted by atomic mass is 10.2. The smallest absolute Gasteiger partial charge is 0.291 e. The average Bonchev–Trinajstić information content (AvgIpc) is 3.11. The van der Waals surface area contributed by atoms with Gasteiger partial charge in [0.05, 0.1) is 17.8 Å². The summed E-state index contributed by atoms with van der Waals surface area (Å²) in [5, 5.41) is 10.6. The van der Waals surface area contributed by atoms with Gasteiger partial charge in [-0.05, 0) is 42.5 Å². The number of halogens is 2. The molecule has 1 heterocycles. The maximum Gasteiger partial charge on any atom is 0.291 e. The number of sulfonamides is 1. The summed E-state index contributed by atoms with van der Waals surface area (Å²) in [5.41, 5.74) is 0.572. The van der Waals surface area contributed by atoms with Crippen molar-refractivity contribution in [1.29, 1.82) is 0 Å². The Morgan fingerprint density at radius 3 is 2.46 bits per heavy atom. The van der Waals surface area contributed by atoms with Crippen LogP contribution in [0.3, 0.4) is 0 Å². The van der Waals surface area contributed by atoms with Crippen molar-refractivity contribution in [2.45, 2.75) is 4.34 Å². The summed E-state index contributed by atoms with van der Waals surface area (Å²) >= 11 is 12.5. The summed E-state index contributed by atoms with van der Waals surface area (Å²) in [6.07, 6.45) is 0. The van der Waals surface area contributed by atoms with Crippen molar-refractivity contribution < 1.29 is 17.9 Å². The van der Waals surface area contributed by atoms with Crippen LogP contribution >= 0.6 is 34.5 Å². The number of nitrogens with zero attached hydrogens (tertiary/aromatic N) is 2. The number of carbonyl (C=O) groups excluding carboxylic acids is 1. The molecule has 0 aliphatic carbocycles. The van der Waals surface area contributed by atoms with E-state index in [0.29, 0.717) is 27.7 Å². The highest BCUT2D eigenvalue weighted by atomic mass is 35.5. The van der Waals surface area contributed by atoms with E-state index in [1.54, 1.807) is 12.1 Å². The van der Waals surface area contributed by atoms with E-state index in [1.165, 1.54) is 37.4 Å². The molecule has 28 heavy (non-hydrogen) atoms. The molecule has 0 aliphatic heterocycles. The van der Waals surface area contributed by atoms with Gasteiger partial charge < -0.3 is 4.74 Å². The van der Waals surface area contributed by atoms with Crippen molar-refractivity contribution in [2.24, 2.45) is 0 Å². The lowest BCUT2D eigenvalue weighted by Gasteiger charge is -2.07. The maximum absolute atomic E-state index is 12.5. The molecule has 0 atom stereocenters. The molecule has 0 spiro atoms. The van der Waals surface area contributed by atoms with Crippen LogP contribution in [0.25, 0.3) is 0 Å².